The lowest BCUT2D eigenvalue weighted by Crippen LogP contribution is -2.32. The number of carbonyl (C=O) groups excluding carboxylic acids is 2. The number of rotatable bonds is 9. The summed E-state index contributed by atoms with van der Waals surface area (Å²) in [6, 6.07) is 14.1. The Morgan fingerprint density at radius 1 is 1.12 bits per heavy atom. The fourth-order valence-electron chi connectivity index (χ4n) is 3.98. The van der Waals surface area contributed by atoms with Gasteiger partial charge in [-0.1, -0.05) is 37.3 Å². The molecule has 0 saturated carbocycles. The Morgan fingerprint density at radius 3 is 2.47 bits per heavy atom. The largest absolute Gasteiger partial charge is 0.507 e. The van der Waals surface area contributed by atoms with E-state index < -0.39 is 17.7 Å². The molecule has 0 radical (unpaired) electrons. The molecule has 170 valence electrons. The molecule has 1 N–H and O–H groups in total. The first-order valence-corrected chi connectivity index (χ1v) is 11.1. The number of hydrogen-bond donors (Lipinski definition) is 1. The molecule has 3 rings (SSSR count). The topological polar surface area (TPSA) is 70.1 Å². The normalized spacial score (nSPS) is 17.9. The first kappa shape index (κ1) is 23.5. The minimum Gasteiger partial charge on any atom is -0.507 e. The van der Waals surface area contributed by atoms with Crippen molar-refractivity contribution in [2.45, 2.75) is 32.7 Å². The lowest BCUT2D eigenvalue weighted by atomic mass is 9.95. The van der Waals surface area contributed by atoms with Gasteiger partial charge in [-0.3, -0.25) is 9.59 Å². The zero-order valence-corrected chi connectivity index (χ0v) is 19.3. The molecule has 0 aromatic heterocycles. The van der Waals surface area contributed by atoms with Gasteiger partial charge < -0.3 is 19.6 Å². The van der Waals surface area contributed by atoms with Gasteiger partial charge in [0.2, 0.25) is 0 Å². The van der Waals surface area contributed by atoms with Gasteiger partial charge in [0, 0.05) is 12.1 Å². The number of hydrogen-bond acceptors (Lipinski definition) is 5. The van der Waals surface area contributed by atoms with Crippen LogP contribution in [0, 0.1) is 6.92 Å². The number of Topliss-reactive ketones (excluding diaryl/α,β-unsaturated/α-hetero) is 1. The van der Waals surface area contributed by atoms with E-state index in [1.807, 2.05) is 63.2 Å². The summed E-state index contributed by atoms with van der Waals surface area (Å²) in [4.78, 5) is 29.6. The minimum absolute atomic E-state index is 0.132. The monoisotopic (exact) mass is 436 g/mol. The van der Waals surface area contributed by atoms with Gasteiger partial charge in [0.1, 0.15) is 11.5 Å². The summed E-state index contributed by atoms with van der Waals surface area (Å²) in [5, 5.41) is 11.2. The quantitative estimate of drug-likeness (QED) is 0.363. The Kier molecular flexibility index (Phi) is 7.70. The van der Waals surface area contributed by atoms with Gasteiger partial charge in [-0.15, -0.1) is 0 Å². The van der Waals surface area contributed by atoms with E-state index in [4.69, 9.17) is 4.74 Å². The predicted molar refractivity (Wildman–Crippen MR) is 126 cm³/mol. The number of benzene rings is 2. The van der Waals surface area contributed by atoms with Crippen molar-refractivity contribution in [2.75, 3.05) is 33.8 Å². The van der Waals surface area contributed by atoms with E-state index >= 15 is 0 Å². The van der Waals surface area contributed by atoms with Crippen LogP contribution in [0.1, 0.15) is 42.5 Å². The third kappa shape index (κ3) is 5.02. The number of ketones is 1. The molecule has 1 atom stereocenters. The molecule has 1 heterocycles. The molecule has 1 aliphatic rings. The first-order chi connectivity index (χ1) is 15.3. The molecule has 6 heteroatoms. The minimum atomic E-state index is -0.648. The predicted octanol–water partition coefficient (Wildman–Crippen LogP) is 4.16. The van der Waals surface area contributed by atoms with Gasteiger partial charge in [-0.25, -0.2) is 0 Å². The van der Waals surface area contributed by atoms with Crippen LogP contribution in [-0.4, -0.2) is 60.4 Å². The highest BCUT2D eigenvalue weighted by molar-refractivity contribution is 6.46. The molecule has 1 amide bonds. The molecule has 1 fully saturated rings. The van der Waals surface area contributed by atoms with Crippen LogP contribution in [0.25, 0.3) is 5.76 Å². The van der Waals surface area contributed by atoms with Crippen LogP contribution in [-0.2, 0) is 9.59 Å². The molecule has 32 heavy (non-hydrogen) atoms. The molecular weight excluding hydrogens is 404 g/mol. The summed E-state index contributed by atoms with van der Waals surface area (Å²) in [5.74, 6) is -0.631. The van der Waals surface area contributed by atoms with E-state index in [0.717, 1.165) is 36.3 Å². The number of aliphatic hydroxyl groups excluding tert-OH is 1. The average Bonchev–Trinajstić information content (AvgIpc) is 3.03. The van der Waals surface area contributed by atoms with Crippen molar-refractivity contribution in [3.8, 4) is 5.75 Å². The van der Waals surface area contributed by atoms with E-state index in [2.05, 4.69) is 0 Å². The molecule has 6 nitrogen and oxygen atoms in total. The second kappa shape index (κ2) is 10.5. The number of likely N-dealkylation sites (tertiary alicyclic amines) is 1. The van der Waals surface area contributed by atoms with Crippen LogP contribution >= 0.6 is 0 Å². The summed E-state index contributed by atoms with van der Waals surface area (Å²) in [7, 11) is 3.94. The van der Waals surface area contributed by atoms with Gasteiger partial charge in [0.05, 0.1) is 18.2 Å². The lowest BCUT2D eigenvalue weighted by Gasteiger charge is -2.26. The van der Waals surface area contributed by atoms with E-state index in [0.29, 0.717) is 18.7 Å². The van der Waals surface area contributed by atoms with Gasteiger partial charge in [-0.05, 0) is 69.7 Å². The van der Waals surface area contributed by atoms with Crippen LogP contribution in [0.3, 0.4) is 0 Å². The highest BCUT2D eigenvalue weighted by Crippen LogP contribution is 2.39. The van der Waals surface area contributed by atoms with E-state index in [9.17, 15) is 14.7 Å². The van der Waals surface area contributed by atoms with Crippen molar-refractivity contribution >= 4 is 17.4 Å². The van der Waals surface area contributed by atoms with Crippen LogP contribution in [0.5, 0.6) is 5.75 Å². The van der Waals surface area contributed by atoms with E-state index in [1.165, 1.54) is 0 Å². The maximum absolute atomic E-state index is 13.1. The van der Waals surface area contributed by atoms with E-state index in [1.54, 1.807) is 23.1 Å². The summed E-state index contributed by atoms with van der Waals surface area (Å²) in [6.45, 7) is 5.77. The van der Waals surface area contributed by atoms with Gasteiger partial charge in [0.15, 0.2) is 0 Å². The second-order valence-corrected chi connectivity index (χ2v) is 8.39. The number of aryl methyl sites for hydroxylation is 1. The number of carbonyl (C=O) groups is 2. The number of nitrogens with zero attached hydrogens (tertiary/aromatic N) is 2. The lowest BCUT2D eigenvalue weighted by molar-refractivity contribution is -0.139. The SMILES string of the molecule is CCCOc1ccc(/C(O)=C2/C(=O)C(=O)N(CCCN(C)C)C2c2ccccc2)cc1C. The van der Waals surface area contributed by atoms with E-state index in [-0.39, 0.29) is 11.3 Å². The van der Waals surface area contributed by atoms with Crippen molar-refractivity contribution < 1.29 is 19.4 Å². The molecule has 1 aliphatic heterocycles. The molecule has 1 saturated heterocycles. The summed E-state index contributed by atoms with van der Waals surface area (Å²) in [6.07, 6.45) is 1.63. The van der Waals surface area contributed by atoms with Crippen molar-refractivity contribution in [1.29, 1.82) is 0 Å². The zero-order valence-electron chi connectivity index (χ0n) is 19.3. The molecule has 2 aromatic carbocycles. The molecular formula is C26H32N2O4. The highest BCUT2D eigenvalue weighted by atomic mass is 16.5. The second-order valence-electron chi connectivity index (χ2n) is 8.39. The Bertz CT molecular complexity index is 998. The van der Waals surface area contributed by atoms with Crippen molar-refractivity contribution in [1.82, 2.24) is 9.80 Å². The van der Waals surface area contributed by atoms with Crippen molar-refractivity contribution in [3.05, 3.63) is 70.8 Å². The van der Waals surface area contributed by atoms with Crippen LogP contribution < -0.4 is 4.74 Å². The van der Waals surface area contributed by atoms with Crippen molar-refractivity contribution in [3.63, 3.8) is 0 Å². The maximum Gasteiger partial charge on any atom is 0.295 e. The number of amides is 1. The summed E-state index contributed by atoms with van der Waals surface area (Å²) < 4.78 is 5.72. The third-order valence-corrected chi connectivity index (χ3v) is 5.57. The Morgan fingerprint density at radius 2 is 1.84 bits per heavy atom. The smallest absolute Gasteiger partial charge is 0.295 e. The Labute approximate surface area is 190 Å². The highest BCUT2D eigenvalue weighted by Gasteiger charge is 2.45. The van der Waals surface area contributed by atoms with Crippen LogP contribution in [0.4, 0.5) is 0 Å². The molecule has 2 aromatic rings. The maximum atomic E-state index is 13.1. The van der Waals surface area contributed by atoms with Gasteiger partial charge in [-0.2, -0.15) is 0 Å². The Hall–Kier alpha value is -3.12. The Balaban J connectivity index is 2.03. The number of ether oxygens (including phenoxy) is 1. The summed E-state index contributed by atoms with van der Waals surface area (Å²) >= 11 is 0. The fourth-order valence-corrected chi connectivity index (χ4v) is 3.98. The van der Waals surface area contributed by atoms with Gasteiger partial charge >= 0.3 is 0 Å². The first-order valence-electron chi connectivity index (χ1n) is 11.1. The molecule has 1 unspecified atom stereocenters. The average molecular weight is 437 g/mol. The third-order valence-electron chi connectivity index (χ3n) is 5.57. The van der Waals surface area contributed by atoms with Gasteiger partial charge in [0.25, 0.3) is 11.7 Å². The molecule has 0 aliphatic carbocycles. The van der Waals surface area contributed by atoms with Crippen molar-refractivity contribution in [2.24, 2.45) is 0 Å². The molecule has 0 spiro atoms. The standard InChI is InChI=1S/C26H32N2O4/c1-5-16-32-21-13-12-20(17-18(21)2)24(29)22-23(19-10-7-6-8-11-19)28(26(31)25(22)30)15-9-14-27(3)4/h6-8,10-13,17,23,29H,5,9,14-16H2,1-4H3/b24-22-. The summed E-state index contributed by atoms with van der Waals surface area (Å²) in [5.41, 5.74) is 2.29. The zero-order chi connectivity index (χ0) is 23.3. The fraction of sp³-hybridized carbons (Fsp3) is 0.385. The van der Waals surface area contributed by atoms with Crippen LogP contribution in [0.15, 0.2) is 54.1 Å². The van der Waals surface area contributed by atoms with Crippen LogP contribution in [0.2, 0.25) is 0 Å². The number of aliphatic hydroxyl groups is 1. The molecule has 0 bridgehead atoms.